The first-order valence-electron chi connectivity index (χ1n) is 24.9. The number of rotatable bonds is 11. The Morgan fingerprint density at radius 3 is 0.264 bits per heavy atom. The summed E-state index contributed by atoms with van der Waals surface area (Å²) in [5.74, 6) is 0. The molecule has 0 bridgehead atoms. The summed E-state index contributed by atoms with van der Waals surface area (Å²) in [5.41, 5.74) is 25.5. The van der Waals surface area contributed by atoms with Crippen LogP contribution in [0.4, 0.5) is 0 Å². The van der Waals surface area contributed by atoms with E-state index in [1.807, 2.05) is 0 Å². The highest BCUT2D eigenvalue weighted by Gasteiger charge is 2.35. The van der Waals surface area contributed by atoms with Gasteiger partial charge in [-0.05, 0) is 122 Å². The smallest absolute Gasteiger partial charge is 0.0000936 e. The van der Waals surface area contributed by atoms with Gasteiger partial charge in [0.15, 0.2) is 0 Å². The third kappa shape index (κ3) is 8.15. The molecule has 0 aliphatic heterocycles. The Kier molecular flexibility index (Phi) is 12.1. The van der Waals surface area contributed by atoms with Gasteiger partial charge in [-0.1, -0.05) is 303 Å². The lowest BCUT2D eigenvalue weighted by Gasteiger charge is -2.33. The van der Waals surface area contributed by atoms with Crippen LogP contribution >= 0.6 is 0 Å². The molecule has 0 unspecified atom stereocenters. The van der Waals surface area contributed by atoms with Crippen LogP contribution in [0.3, 0.4) is 0 Å². The SMILES string of the molecule is c1ccc(-c2c(-c3ccccc3)c(-c3ccccc3)c(-c3c(-c4ccccc4)c(-c4ccccc4)c(-c4ccccc4)c(-c4ccccc4)c3-c3ccccc3)c(-c3ccccc3)c2-c2ccccc2)cc1. The molecule has 0 aromatic heterocycles. The monoisotopic (exact) mass is 914 g/mol. The molecular formula is C72H50. The molecule has 0 N–H and O–H groups in total. The number of benzene rings is 12. The molecule has 0 aliphatic rings. The number of hydrogen-bond donors (Lipinski definition) is 0. The molecule has 338 valence electrons. The Labute approximate surface area is 423 Å². The van der Waals surface area contributed by atoms with Gasteiger partial charge in [0.2, 0.25) is 0 Å². The number of hydrogen-bond acceptors (Lipinski definition) is 0. The molecule has 0 fully saturated rings. The third-order valence-electron chi connectivity index (χ3n) is 13.9. The fraction of sp³-hybridized carbons (Fsp3) is 0. The Hall–Kier alpha value is -9.36. The van der Waals surface area contributed by atoms with Crippen molar-refractivity contribution in [1.29, 1.82) is 0 Å². The predicted octanol–water partition coefficient (Wildman–Crippen LogP) is 20.0. The molecule has 0 heteroatoms. The summed E-state index contributed by atoms with van der Waals surface area (Å²) in [6.45, 7) is 0. The van der Waals surface area contributed by atoms with Gasteiger partial charge >= 0.3 is 0 Å². The van der Waals surface area contributed by atoms with E-state index in [2.05, 4.69) is 303 Å². The highest BCUT2D eigenvalue weighted by atomic mass is 14.4. The maximum atomic E-state index is 2.32. The van der Waals surface area contributed by atoms with Crippen LogP contribution in [0.25, 0.3) is 122 Å². The average molecular weight is 915 g/mol. The minimum Gasteiger partial charge on any atom is -0.0622 e. The predicted molar refractivity (Wildman–Crippen MR) is 306 cm³/mol. The maximum absolute atomic E-state index is 2.32. The van der Waals surface area contributed by atoms with Crippen molar-refractivity contribution in [2.75, 3.05) is 0 Å². The van der Waals surface area contributed by atoms with Crippen LogP contribution in [0.2, 0.25) is 0 Å². The molecule has 12 aromatic rings. The molecular weight excluding hydrogens is 865 g/mol. The average Bonchev–Trinajstić information content (AvgIpc) is 3.48. The lowest BCUT2D eigenvalue weighted by Crippen LogP contribution is -2.06. The normalized spacial score (nSPS) is 11.1. The maximum Gasteiger partial charge on any atom is -0.0000936 e. The van der Waals surface area contributed by atoms with Gasteiger partial charge in [-0.15, -0.1) is 0 Å². The van der Waals surface area contributed by atoms with E-state index in [4.69, 9.17) is 0 Å². The van der Waals surface area contributed by atoms with E-state index >= 15 is 0 Å². The van der Waals surface area contributed by atoms with Crippen LogP contribution < -0.4 is 0 Å². The van der Waals surface area contributed by atoms with Gasteiger partial charge in [0, 0.05) is 0 Å². The molecule has 0 atom stereocenters. The van der Waals surface area contributed by atoms with Gasteiger partial charge in [0.25, 0.3) is 0 Å². The zero-order chi connectivity index (χ0) is 48.1. The van der Waals surface area contributed by atoms with E-state index < -0.39 is 0 Å². The lowest BCUT2D eigenvalue weighted by atomic mass is 9.69. The fourth-order valence-corrected chi connectivity index (χ4v) is 10.9. The quantitative estimate of drug-likeness (QED) is 0.121. The van der Waals surface area contributed by atoms with Gasteiger partial charge < -0.3 is 0 Å². The van der Waals surface area contributed by atoms with Gasteiger partial charge in [-0.25, -0.2) is 0 Å². The largest absolute Gasteiger partial charge is 0.0622 e. The van der Waals surface area contributed by atoms with Gasteiger partial charge in [0.1, 0.15) is 0 Å². The minimum absolute atomic E-state index is 1.13. The second kappa shape index (κ2) is 19.9. The van der Waals surface area contributed by atoms with Crippen molar-refractivity contribution in [3.05, 3.63) is 303 Å². The summed E-state index contributed by atoms with van der Waals surface area (Å²) in [4.78, 5) is 0. The molecule has 72 heavy (non-hydrogen) atoms. The molecule has 0 saturated carbocycles. The Balaban J connectivity index is 1.49. The Morgan fingerprint density at radius 1 is 0.0833 bits per heavy atom. The highest BCUT2D eigenvalue weighted by Crippen LogP contribution is 2.62. The summed E-state index contributed by atoms with van der Waals surface area (Å²) < 4.78 is 0. The summed E-state index contributed by atoms with van der Waals surface area (Å²) >= 11 is 0. The van der Waals surface area contributed by atoms with Gasteiger partial charge in [0.05, 0.1) is 0 Å². The van der Waals surface area contributed by atoms with Crippen molar-refractivity contribution in [1.82, 2.24) is 0 Å². The van der Waals surface area contributed by atoms with Crippen LogP contribution in [0, 0.1) is 0 Å². The highest BCUT2D eigenvalue weighted by molar-refractivity contribution is 6.22. The molecule has 12 aromatic carbocycles. The Bertz CT molecular complexity index is 3280. The van der Waals surface area contributed by atoms with Crippen LogP contribution in [-0.4, -0.2) is 0 Å². The summed E-state index contributed by atoms with van der Waals surface area (Å²) in [6.07, 6.45) is 0. The first-order chi connectivity index (χ1) is 35.8. The molecule has 0 saturated heterocycles. The molecule has 12 rings (SSSR count). The summed E-state index contributed by atoms with van der Waals surface area (Å²) in [7, 11) is 0. The van der Waals surface area contributed by atoms with E-state index in [0.29, 0.717) is 0 Å². The standard InChI is InChI=1S/C72H50/c1-11-31-51(32-12-1)61-63(53-35-15-3-16-36-53)67(57-43-23-7-24-44-57)71(68(58-45-25-8-26-46-58)64(61)54-37-17-4-18-38-54)72-69(59-47-27-9-28-48-59)65(55-39-19-5-20-40-55)62(52-33-13-2-14-34-52)66(56-41-21-6-22-42-56)70(72)60-49-29-10-30-50-60/h1-50H. The minimum atomic E-state index is 1.13. The molecule has 0 radical (unpaired) electrons. The zero-order valence-corrected chi connectivity index (χ0v) is 39.9. The van der Waals surface area contributed by atoms with Crippen LogP contribution in [0.1, 0.15) is 0 Å². The van der Waals surface area contributed by atoms with E-state index in [0.717, 1.165) is 66.8 Å². The molecule has 0 amide bonds. The van der Waals surface area contributed by atoms with Gasteiger partial charge in [-0.2, -0.15) is 0 Å². The van der Waals surface area contributed by atoms with Crippen molar-refractivity contribution in [3.63, 3.8) is 0 Å². The topological polar surface area (TPSA) is 0 Å². The molecule has 0 spiro atoms. The Morgan fingerprint density at radius 2 is 0.167 bits per heavy atom. The van der Waals surface area contributed by atoms with Gasteiger partial charge in [-0.3, -0.25) is 0 Å². The second-order valence-corrected chi connectivity index (χ2v) is 18.2. The van der Waals surface area contributed by atoms with Crippen molar-refractivity contribution in [2.24, 2.45) is 0 Å². The lowest BCUT2D eigenvalue weighted by molar-refractivity contribution is 1.49. The third-order valence-corrected chi connectivity index (χ3v) is 13.9. The summed E-state index contributed by atoms with van der Waals surface area (Å²) in [5, 5.41) is 0. The zero-order valence-electron chi connectivity index (χ0n) is 39.9. The summed E-state index contributed by atoms with van der Waals surface area (Å²) in [6, 6.07) is 111. The molecule has 0 nitrogen and oxygen atoms in total. The first-order valence-corrected chi connectivity index (χ1v) is 24.9. The fourth-order valence-electron chi connectivity index (χ4n) is 10.9. The van der Waals surface area contributed by atoms with E-state index in [-0.39, 0.29) is 0 Å². The first kappa shape index (κ1) is 43.9. The van der Waals surface area contributed by atoms with Crippen LogP contribution in [-0.2, 0) is 0 Å². The van der Waals surface area contributed by atoms with E-state index in [1.165, 1.54) is 55.6 Å². The van der Waals surface area contributed by atoms with E-state index in [1.54, 1.807) is 0 Å². The molecule has 0 heterocycles. The molecule has 0 aliphatic carbocycles. The van der Waals surface area contributed by atoms with Crippen molar-refractivity contribution in [3.8, 4) is 122 Å². The van der Waals surface area contributed by atoms with E-state index in [9.17, 15) is 0 Å². The van der Waals surface area contributed by atoms with Crippen LogP contribution in [0.15, 0.2) is 303 Å². The van der Waals surface area contributed by atoms with Crippen molar-refractivity contribution in [2.45, 2.75) is 0 Å². The van der Waals surface area contributed by atoms with Crippen molar-refractivity contribution < 1.29 is 0 Å². The van der Waals surface area contributed by atoms with Crippen molar-refractivity contribution >= 4 is 0 Å². The second-order valence-electron chi connectivity index (χ2n) is 18.2. The van der Waals surface area contributed by atoms with Crippen LogP contribution in [0.5, 0.6) is 0 Å².